The number of aryl methyl sites for hydroxylation is 2. The topological polar surface area (TPSA) is 42.7 Å². The van der Waals surface area contributed by atoms with Crippen LogP contribution in [0.5, 0.6) is 0 Å². The third kappa shape index (κ3) is 2.78. The maximum absolute atomic E-state index is 3.95. The van der Waals surface area contributed by atoms with Crippen LogP contribution >= 0.6 is 0 Å². The van der Waals surface area contributed by atoms with Gasteiger partial charge in [0.1, 0.15) is 0 Å². The Labute approximate surface area is 91.1 Å². The second kappa shape index (κ2) is 4.75. The normalized spacial score (nSPS) is 18.0. The average Bonchev–Trinajstić information content (AvgIpc) is 2.98. The highest BCUT2D eigenvalue weighted by atomic mass is 15.4. The van der Waals surface area contributed by atoms with Crippen molar-refractivity contribution in [2.45, 2.75) is 38.6 Å². The third-order valence-corrected chi connectivity index (χ3v) is 3.18. The first-order valence-electron chi connectivity index (χ1n) is 5.88. The van der Waals surface area contributed by atoms with E-state index < -0.39 is 0 Å². The van der Waals surface area contributed by atoms with Crippen molar-refractivity contribution in [2.24, 2.45) is 13.0 Å². The van der Waals surface area contributed by atoms with Crippen LogP contribution < -0.4 is 5.32 Å². The lowest BCUT2D eigenvalue weighted by molar-refractivity contribution is 0.441. The molecule has 0 bridgehead atoms. The molecule has 84 valence electrons. The van der Waals surface area contributed by atoms with Gasteiger partial charge in [-0.1, -0.05) is 12.1 Å². The minimum Gasteiger partial charge on any atom is -0.314 e. The Morgan fingerprint density at radius 1 is 1.60 bits per heavy atom. The largest absolute Gasteiger partial charge is 0.314 e. The highest BCUT2D eigenvalue weighted by Gasteiger charge is 2.30. The average molecular weight is 208 g/mol. The summed E-state index contributed by atoms with van der Waals surface area (Å²) in [6, 6.07) is 0.699. The van der Waals surface area contributed by atoms with E-state index in [-0.39, 0.29) is 0 Å². The SMILES string of the molecule is CCNC(CCc1cnnn1C)C1CC1. The first kappa shape index (κ1) is 10.6. The van der Waals surface area contributed by atoms with Gasteiger partial charge in [-0.25, -0.2) is 0 Å². The zero-order chi connectivity index (χ0) is 10.7. The lowest BCUT2D eigenvalue weighted by Gasteiger charge is -2.16. The second-order valence-corrected chi connectivity index (χ2v) is 4.39. The molecule has 1 aromatic rings. The molecule has 1 unspecified atom stereocenters. The van der Waals surface area contributed by atoms with Gasteiger partial charge in [0.15, 0.2) is 0 Å². The molecule has 0 radical (unpaired) electrons. The van der Waals surface area contributed by atoms with Crippen LogP contribution in [0, 0.1) is 5.92 Å². The first-order chi connectivity index (χ1) is 7.31. The lowest BCUT2D eigenvalue weighted by atomic mass is 10.1. The number of hydrogen-bond donors (Lipinski definition) is 1. The minimum atomic E-state index is 0.699. The fourth-order valence-corrected chi connectivity index (χ4v) is 2.11. The molecule has 0 amide bonds. The molecule has 1 N–H and O–H groups in total. The van der Waals surface area contributed by atoms with Crippen molar-refractivity contribution in [2.75, 3.05) is 6.54 Å². The highest BCUT2D eigenvalue weighted by Crippen LogP contribution is 2.34. The maximum Gasteiger partial charge on any atom is 0.0724 e. The van der Waals surface area contributed by atoms with Crippen molar-refractivity contribution in [3.8, 4) is 0 Å². The van der Waals surface area contributed by atoms with Gasteiger partial charge in [0.2, 0.25) is 0 Å². The molecule has 1 saturated carbocycles. The molecule has 1 fully saturated rings. The maximum atomic E-state index is 3.95. The predicted molar refractivity (Wildman–Crippen MR) is 59.5 cm³/mol. The Balaban J connectivity index is 1.82. The summed E-state index contributed by atoms with van der Waals surface area (Å²) >= 11 is 0. The zero-order valence-electron chi connectivity index (χ0n) is 9.61. The Morgan fingerprint density at radius 3 is 2.93 bits per heavy atom. The molecule has 2 rings (SSSR count). The Hall–Kier alpha value is -0.900. The molecule has 0 aromatic carbocycles. The Kier molecular flexibility index (Phi) is 3.36. The molecule has 1 aliphatic rings. The zero-order valence-corrected chi connectivity index (χ0v) is 9.61. The number of hydrogen-bond acceptors (Lipinski definition) is 3. The molecule has 4 nitrogen and oxygen atoms in total. The van der Waals surface area contributed by atoms with E-state index in [0.717, 1.165) is 18.9 Å². The minimum absolute atomic E-state index is 0.699. The van der Waals surface area contributed by atoms with E-state index in [9.17, 15) is 0 Å². The van der Waals surface area contributed by atoms with Gasteiger partial charge in [0, 0.05) is 13.1 Å². The second-order valence-electron chi connectivity index (χ2n) is 4.39. The molecule has 1 aliphatic carbocycles. The van der Waals surface area contributed by atoms with Crippen LogP contribution in [0.25, 0.3) is 0 Å². The first-order valence-corrected chi connectivity index (χ1v) is 5.88. The van der Waals surface area contributed by atoms with Gasteiger partial charge in [-0.05, 0) is 38.1 Å². The van der Waals surface area contributed by atoms with Gasteiger partial charge in [0.05, 0.1) is 11.9 Å². The molecular formula is C11H20N4. The monoisotopic (exact) mass is 208 g/mol. The van der Waals surface area contributed by atoms with Crippen molar-refractivity contribution in [1.29, 1.82) is 0 Å². The van der Waals surface area contributed by atoms with Gasteiger partial charge in [-0.2, -0.15) is 0 Å². The summed E-state index contributed by atoms with van der Waals surface area (Å²) in [6.07, 6.45) is 6.97. The fraction of sp³-hybridized carbons (Fsp3) is 0.818. The van der Waals surface area contributed by atoms with Crippen LogP contribution in [-0.4, -0.2) is 27.6 Å². The van der Waals surface area contributed by atoms with E-state index >= 15 is 0 Å². The van der Waals surface area contributed by atoms with E-state index in [1.165, 1.54) is 25.0 Å². The molecule has 1 aromatic heterocycles. The van der Waals surface area contributed by atoms with Crippen molar-refractivity contribution < 1.29 is 0 Å². The van der Waals surface area contributed by atoms with Crippen LogP contribution in [0.3, 0.4) is 0 Å². The Bertz CT molecular complexity index is 303. The van der Waals surface area contributed by atoms with Crippen LogP contribution in [0.4, 0.5) is 0 Å². The van der Waals surface area contributed by atoms with E-state index in [2.05, 4.69) is 22.6 Å². The number of nitrogens with zero attached hydrogens (tertiary/aromatic N) is 3. The van der Waals surface area contributed by atoms with Crippen molar-refractivity contribution in [3.05, 3.63) is 11.9 Å². The summed E-state index contributed by atoms with van der Waals surface area (Å²) in [6.45, 7) is 3.26. The number of nitrogens with one attached hydrogen (secondary N) is 1. The summed E-state index contributed by atoms with van der Waals surface area (Å²) < 4.78 is 1.87. The van der Waals surface area contributed by atoms with E-state index in [0.29, 0.717) is 6.04 Å². The van der Waals surface area contributed by atoms with Crippen molar-refractivity contribution in [3.63, 3.8) is 0 Å². The molecule has 0 spiro atoms. The van der Waals surface area contributed by atoms with Gasteiger partial charge in [-0.15, -0.1) is 5.10 Å². The molecule has 0 aliphatic heterocycles. The quantitative estimate of drug-likeness (QED) is 0.762. The summed E-state index contributed by atoms with van der Waals surface area (Å²) in [5.74, 6) is 0.922. The molecule has 4 heteroatoms. The van der Waals surface area contributed by atoms with E-state index in [1.54, 1.807) is 0 Å². The van der Waals surface area contributed by atoms with Crippen LogP contribution in [-0.2, 0) is 13.5 Å². The van der Waals surface area contributed by atoms with Crippen molar-refractivity contribution >= 4 is 0 Å². The summed E-state index contributed by atoms with van der Waals surface area (Å²) in [5, 5.41) is 11.4. The summed E-state index contributed by atoms with van der Waals surface area (Å²) in [4.78, 5) is 0. The molecule has 1 atom stereocenters. The number of rotatable bonds is 6. The third-order valence-electron chi connectivity index (χ3n) is 3.18. The Morgan fingerprint density at radius 2 is 2.40 bits per heavy atom. The smallest absolute Gasteiger partial charge is 0.0724 e. The molecule has 0 saturated heterocycles. The number of aromatic nitrogens is 3. The fourth-order valence-electron chi connectivity index (χ4n) is 2.11. The van der Waals surface area contributed by atoms with Crippen molar-refractivity contribution in [1.82, 2.24) is 20.3 Å². The van der Waals surface area contributed by atoms with Gasteiger partial charge < -0.3 is 5.32 Å². The summed E-state index contributed by atoms with van der Waals surface area (Å²) in [7, 11) is 1.96. The highest BCUT2D eigenvalue weighted by molar-refractivity contribution is 4.96. The van der Waals surface area contributed by atoms with Crippen LogP contribution in [0.2, 0.25) is 0 Å². The summed E-state index contributed by atoms with van der Waals surface area (Å²) in [5.41, 5.74) is 1.23. The predicted octanol–water partition coefficient (Wildman–Crippen LogP) is 1.14. The van der Waals surface area contributed by atoms with E-state index in [4.69, 9.17) is 0 Å². The molecule has 1 heterocycles. The van der Waals surface area contributed by atoms with Gasteiger partial charge in [0.25, 0.3) is 0 Å². The van der Waals surface area contributed by atoms with Crippen LogP contribution in [0.15, 0.2) is 6.20 Å². The van der Waals surface area contributed by atoms with Gasteiger partial charge >= 0.3 is 0 Å². The molecular weight excluding hydrogens is 188 g/mol. The lowest BCUT2D eigenvalue weighted by Crippen LogP contribution is -2.31. The van der Waals surface area contributed by atoms with Crippen LogP contribution in [0.1, 0.15) is 31.9 Å². The molecule has 15 heavy (non-hydrogen) atoms. The van der Waals surface area contributed by atoms with Gasteiger partial charge in [-0.3, -0.25) is 4.68 Å². The standard InChI is InChI=1S/C11H20N4/c1-3-12-11(9-4-5-9)7-6-10-8-13-14-15(10)2/h8-9,11-12H,3-7H2,1-2H3. The van der Waals surface area contributed by atoms with E-state index in [1.807, 2.05) is 17.9 Å².